The molecule has 34 heavy (non-hydrogen) atoms. The lowest BCUT2D eigenvalue weighted by Gasteiger charge is -2.06. The first-order valence-electron chi connectivity index (χ1n) is 10.8. The Labute approximate surface area is 212 Å². The first-order chi connectivity index (χ1) is 16.5. The first kappa shape index (κ1) is 24.0. The molecule has 7 heteroatoms. The van der Waals surface area contributed by atoms with Crippen molar-refractivity contribution in [3.05, 3.63) is 105 Å². The van der Waals surface area contributed by atoms with Crippen molar-refractivity contribution in [1.29, 1.82) is 0 Å². The van der Waals surface area contributed by atoms with E-state index in [1.807, 2.05) is 36.4 Å². The summed E-state index contributed by atoms with van der Waals surface area (Å²) in [6, 6.07) is 26.0. The van der Waals surface area contributed by atoms with E-state index in [9.17, 15) is 9.59 Å². The molecule has 0 aliphatic carbocycles. The highest BCUT2D eigenvalue weighted by molar-refractivity contribution is 7.17. The summed E-state index contributed by atoms with van der Waals surface area (Å²) >= 11 is 13.3. The van der Waals surface area contributed by atoms with Gasteiger partial charge in [-0.25, -0.2) is 0 Å². The third kappa shape index (κ3) is 6.48. The number of thiophene rings is 1. The molecule has 3 aromatic carbocycles. The minimum atomic E-state index is -0.170. The Morgan fingerprint density at radius 2 is 1.35 bits per heavy atom. The fourth-order valence-corrected chi connectivity index (χ4v) is 4.85. The number of anilines is 2. The quantitative estimate of drug-likeness (QED) is 0.253. The normalized spacial score (nSPS) is 10.6. The van der Waals surface area contributed by atoms with Gasteiger partial charge in [-0.05, 0) is 78.6 Å². The van der Waals surface area contributed by atoms with E-state index in [1.54, 1.807) is 48.5 Å². The molecule has 0 bridgehead atoms. The summed E-state index contributed by atoms with van der Waals surface area (Å²) < 4.78 is 0. The SMILES string of the molecule is O=C(CCCc1cc(C(=O)Nc2ccc(Cl)cc2)sc1-c1ccccc1)Nc1ccc(Cl)cc1. The maximum absolute atomic E-state index is 12.9. The number of amides is 2. The molecule has 0 spiro atoms. The highest BCUT2D eigenvalue weighted by atomic mass is 35.5. The van der Waals surface area contributed by atoms with Crippen molar-refractivity contribution in [1.82, 2.24) is 0 Å². The topological polar surface area (TPSA) is 58.2 Å². The Morgan fingerprint density at radius 3 is 1.97 bits per heavy atom. The molecule has 4 rings (SSSR count). The average molecular weight is 509 g/mol. The van der Waals surface area contributed by atoms with Crippen molar-refractivity contribution < 1.29 is 9.59 Å². The predicted molar refractivity (Wildman–Crippen MR) is 142 cm³/mol. The van der Waals surface area contributed by atoms with Gasteiger partial charge in [0.15, 0.2) is 0 Å². The van der Waals surface area contributed by atoms with Gasteiger partial charge in [-0.2, -0.15) is 0 Å². The maximum Gasteiger partial charge on any atom is 0.265 e. The van der Waals surface area contributed by atoms with E-state index in [-0.39, 0.29) is 11.8 Å². The molecular formula is C27H22Cl2N2O2S. The monoisotopic (exact) mass is 508 g/mol. The minimum absolute atomic E-state index is 0.0560. The molecular weight excluding hydrogens is 487 g/mol. The molecule has 1 heterocycles. The molecule has 0 fully saturated rings. The van der Waals surface area contributed by atoms with E-state index >= 15 is 0 Å². The highest BCUT2D eigenvalue weighted by Gasteiger charge is 2.16. The molecule has 2 N–H and O–H groups in total. The fraction of sp³-hybridized carbons (Fsp3) is 0.111. The zero-order valence-corrected chi connectivity index (χ0v) is 20.5. The van der Waals surface area contributed by atoms with Crippen LogP contribution in [0.2, 0.25) is 10.0 Å². The highest BCUT2D eigenvalue weighted by Crippen LogP contribution is 2.34. The molecule has 2 amide bonds. The van der Waals surface area contributed by atoms with Gasteiger partial charge in [-0.3, -0.25) is 9.59 Å². The van der Waals surface area contributed by atoms with Crippen LogP contribution < -0.4 is 10.6 Å². The number of nitrogens with one attached hydrogen (secondary N) is 2. The molecule has 0 aliphatic rings. The van der Waals surface area contributed by atoms with Crippen molar-refractivity contribution in [3.63, 3.8) is 0 Å². The summed E-state index contributed by atoms with van der Waals surface area (Å²) in [5, 5.41) is 7.05. The average Bonchev–Trinajstić information content (AvgIpc) is 3.27. The van der Waals surface area contributed by atoms with Gasteiger partial charge in [0.05, 0.1) is 4.88 Å². The van der Waals surface area contributed by atoms with Crippen LogP contribution in [0, 0.1) is 0 Å². The van der Waals surface area contributed by atoms with E-state index in [1.165, 1.54) is 11.3 Å². The molecule has 0 saturated heterocycles. The minimum Gasteiger partial charge on any atom is -0.326 e. The Morgan fingerprint density at radius 1 is 0.765 bits per heavy atom. The van der Waals surface area contributed by atoms with Gasteiger partial charge in [0.1, 0.15) is 0 Å². The van der Waals surface area contributed by atoms with Crippen LogP contribution in [0.25, 0.3) is 10.4 Å². The Kier molecular flexibility index (Phi) is 8.01. The van der Waals surface area contributed by atoms with Gasteiger partial charge in [0.2, 0.25) is 5.91 Å². The molecule has 0 radical (unpaired) electrons. The van der Waals surface area contributed by atoms with Crippen LogP contribution in [-0.4, -0.2) is 11.8 Å². The third-order valence-electron chi connectivity index (χ3n) is 5.15. The standard InChI is InChI=1S/C27H22Cl2N2O2S/c28-20-9-13-22(14-10-20)30-25(32)8-4-7-19-17-24(34-26(19)18-5-2-1-3-6-18)27(33)31-23-15-11-21(29)12-16-23/h1-3,5-6,9-17H,4,7-8H2,(H,30,32)(H,31,33). The smallest absolute Gasteiger partial charge is 0.265 e. The van der Waals surface area contributed by atoms with Crippen molar-refractivity contribution in [2.75, 3.05) is 10.6 Å². The van der Waals surface area contributed by atoms with Crippen LogP contribution in [0.4, 0.5) is 11.4 Å². The van der Waals surface area contributed by atoms with Crippen LogP contribution in [-0.2, 0) is 11.2 Å². The molecule has 4 aromatic rings. The molecule has 4 nitrogen and oxygen atoms in total. The lowest BCUT2D eigenvalue weighted by molar-refractivity contribution is -0.116. The van der Waals surface area contributed by atoms with Crippen LogP contribution in [0.15, 0.2) is 84.9 Å². The summed E-state index contributed by atoms with van der Waals surface area (Å²) in [4.78, 5) is 26.9. The number of hydrogen-bond donors (Lipinski definition) is 2. The van der Waals surface area contributed by atoms with E-state index in [2.05, 4.69) is 10.6 Å². The summed E-state index contributed by atoms with van der Waals surface area (Å²) in [5.74, 6) is -0.226. The van der Waals surface area contributed by atoms with E-state index in [4.69, 9.17) is 23.2 Å². The van der Waals surface area contributed by atoms with Crippen LogP contribution in [0.1, 0.15) is 28.1 Å². The van der Waals surface area contributed by atoms with Gasteiger partial charge >= 0.3 is 0 Å². The van der Waals surface area contributed by atoms with Gasteiger partial charge in [0.25, 0.3) is 5.91 Å². The van der Waals surface area contributed by atoms with Gasteiger partial charge in [-0.1, -0.05) is 53.5 Å². The number of carbonyl (C=O) groups excluding carboxylic acids is 2. The van der Waals surface area contributed by atoms with Gasteiger partial charge < -0.3 is 10.6 Å². The largest absolute Gasteiger partial charge is 0.326 e. The summed E-state index contributed by atoms with van der Waals surface area (Å²) in [5.41, 5.74) is 3.51. The number of rotatable bonds is 8. The zero-order chi connectivity index (χ0) is 23.9. The Hall–Kier alpha value is -3.12. The Bertz CT molecular complexity index is 1270. The van der Waals surface area contributed by atoms with Crippen LogP contribution >= 0.6 is 34.5 Å². The summed E-state index contributed by atoms with van der Waals surface area (Å²) in [6.07, 6.45) is 1.72. The van der Waals surface area contributed by atoms with Gasteiger partial charge in [-0.15, -0.1) is 11.3 Å². The first-order valence-corrected chi connectivity index (χ1v) is 12.4. The molecule has 0 aliphatic heterocycles. The number of halogens is 2. The lowest BCUT2D eigenvalue weighted by atomic mass is 10.0. The van der Waals surface area contributed by atoms with Gasteiger partial charge in [0, 0.05) is 32.7 Å². The number of benzene rings is 3. The number of carbonyl (C=O) groups is 2. The predicted octanol–water partition coefficient (Wildman–Crippen LogP) is 7.94. The van der Waals surface area contributed by atoms with Crippen molar-refractivity contribution >= 4 is 57.7 Å². The van der Waals surface area contributed by atoms with E-state index in [0.717, 1.165) is 21.7 Å². The second-order valence-corrected chi connectivity index (χ2v) is 9.63. The fourth-order valence-electron chi connectivity index (χ4n) is 3.48. The molecule has 172 valence electrons. The van der Waals surface area contributed by atoms with Crippen molar-refractivity contribution in [3.8, 4) is 10.4 Å². The summed E-state index contributed by atoms with van der Waals surface area (Å²) in [7, 11) is 0. The van der Waals surface area contributed by atoms with Crippen LogP contribution in [0.3, 0.4) is 0 Å². The van der Waals surface area contributed by atoms with E-state index in [0.29, 0.717) is 39.9 Å². The van der Waals surface area contributed by atoms with E-state index < -0.39 is 0 Å². The molecule has 0 saturated carbocycles. The molecule has 0 atom stereocenters. The summed E-state index contributed by atoms with van der Waals surface area (Å²) in [6.45, 7) is 0. The second kappa shape index (κ2) is 11.3. The Balaban J connectivity index is 1.45. The van der Waals surface area contributed by atoms with Crippen LogP contribution in [0.5, 0.6) is 0 Å². The molecule has 0 unspecified atom stereocenters. The zero-order valence-electron chi connectivity index (χ0n) is 18.2. The van der Waals surface area contributed by atoms with Crippen molar-refractivity contribution in [2.45, 2.75) is 19.3 Å². The maximum atomic E-state index is 12.9. The molecule has 1 aromatic heterocycles. The second-order valence-electron chi connectivity index (χ2n) is 7.70. The third-order valence-corrected chi connectivity index (χ3v) is 6.88. The lowest BCUT2D eigenvalue weighted by Crippen LogP contribution is -2.11. The van der Waals surface area contributed by atoms with Crippen molar-refractivity contribution in [2.24, 2.45) is 0 Å². The number of aryl methyl sites for hydroxylation is 1. The number of hydrogen-bond acceptors (Lipinski definition) is 3.